The maximum atomic E-state index is 13.3. The number of imidazole rings is 1. The van der Waals surface area contributed by atoms with Gasteiger partial charge in [-0.15, -0.1) is 0 Å². The molecule has 0 radical (unpaired) electrons. The standard InChI is InChI=1S/C31H39N5O5/c1-21(16-32)8-9-31(6,19-30(4,5)28(37)39-7)29(38)41-13-12-40-25-14-22(2)26(23(3)15-25)36-11-10-35-27(36)24-17-33-20-34-18-24/h10-11,14-15,17-18,20-21H,8-9,12-13,19H2,1-7H3. The first-order valence-corrected chi connectivity index (χ1v) is 13.6. The topological polar surface area (TPSA) is 129 Å². The summed E-state index contributed by atoms with van der Waals surface area (Å²) in [7, 11) is 1.33. The zero-order valence-corrected chi connectivity index (χ0v) is 24.9. The Balaban J connectivity index is 1.67. The summed E-state index contributed by atoms with van der Waals surface area (Å²) in [5.74, 6) is 0.341. The number of aryl methyl sites for hydroxylation is 2. The molecule has 41 heavy (non-hydrogen) atoms. The lowest BCUT2D eigenvalue weighted by Gasteiger charge is -2.34. The molecule has 0 saturated heterocycles. The number of hydrogen-bond donors (Lipinski definition) is 0. The van der Waals surface area contributed by atoms with Crippen LogP contribution in [-0.4, -0.2) is 51.8 Å². The van der Waals surface area contributed by atoms with Crippen molar-refractivity contribution in [2.45, 2.75) is 60.8 Å². The second kappa shape index (κ2) is 13.4. The maximum absolute atomic E-state index is 13.3. The monoisotopic (exact) mass is 561 g/mol. The molecule has 10 nitrogen and oxygen atoms in total. The molecule has 2 heterocycles. The van der Waals surface area contributed by atoms with Crippen molar-refractivity contribution in [2.75, 3.05) is 20.3 Å². The van der Waals surface area contributed by atoms with E-state index in [9.17, 15) is 14.9 Å². The molecule has 0 saturated carbocycles. The van der Waals surface area contributed by atoms with Crippen molar-refractivity contribution in [1.82, 2.24) is 19.5 Å². The van der Waals surface area contributed by atoms with Crippen molar-refractivity contribution in [1.29, 1.82) is 5.26 Å². The molecule has 0 aliphatic rings. The first-order valence-electron chi connectivity index (χ1n) is 13.6. The second-order valence-corrected chi connectivity index (χ2v) is 11.3. The summed E-state index contributed by atoms with van der Waals surface area (Å²) in [6.07, 6.45) is 9.71. The summed E-state index contributed by atoms with van der Waals surface area (Å²) in [6.45, 7) is 11.3. The highest BCUT2D eigenvalue weighted by molar-refractivity contribution is 5.80. The quantitative estimate of drug-likeness (QED) is 0.199. The Morgan fingerprint density at radius 1 is 1.07 bits per heavy atom. The van der Waals surface area contributed by atoms with Gasteiger partial charge in [-0.2, -0.15) is 5.26 Å². The van der Waals surface area contributed by atoms with Crippen LogP contribution in [0.5, 0.6) is 5.75 Å². The lowest BCUT2D eigenvalue weighted by atomic mass is 9.71. The fourth-order valence-electron chi connectivity index (χ4n) is 5.15. The van der Waals surface area contributed by atoms with Gasteiger partial charge in [-0.1, -0.05) is 0 Å². The van der Waals surface area contributed by atoms with E-state index < -0.39 is 22.8 Å². The van der Waals surface area contributed by atoms with Gasteiger partial charge in [-0.3, -0.25) is 14.2 Å². The summed E-state index contributed by atoms with van der Waals surface area (Å²) in [6, 6.07) is 6.07. The van der Waals surface area contributed by atoms with Crippen molar-refractivity contribution < 1.29 is 23.8 Å². The Kier molecular flexibility index (Phi) is 10.2. The Morgan fingerprint density at radius 2 is 1.73 bits per heavy atom. The van der Waals surface area contributed by atoms with Crippen LogP contribution in [0.2, 0.25) is 0 Å². The van der Waals surface area contributed by atoms with Gasteiger partial charge >= 0.3 is 11.9 Å². The van der Waals surface area contributed by atoms with Crippen LogP contribution in [0.4, 0.5) is 0 Å². The molecule has 0 bridgehead atoms. The largest absolute Gasteiger partial charge is 0.490 e. The molecule has 3 rings (SSSR count). The average Bonchev–Trinajstić information content (AvgIpc) is 3.42. The van der Waals surface area contributed by atoms with Gasteiger partial charge in [0.05, 0.1) is 35.3 Å². The number of hydrogen-bond acceptors (Lipinski definition) is 9. The number of ether oxygens (including phenoxy) is 3. The highest BCUT2D eigenvalue weighted by Gasteiger charge is 2.43. The van der Waals surface area contributed by atoms with Gasteiger partial charge in [0.1, 0.15) is 31.1 Å². The lowest BCUT2D eigenvalue weighted by molar-refractivity contribution is -0.162. The highest BCUT2D eigenvalue weighted by atomic mass is 16.6. The van der Waals surface area contributed by atoms with E-state index in [1.54, 1.807) is 39.4 Å². The number of nitriles is 1. The number of aromatic nitrogens is 4. The van der Waals surface area contributed by atoms with Crippen LogP contribution < -0.4 is 4.74 Å². The molecule has 0 spiro atoms. The highest BCUT2D eigenvalue weighted by Crippen LogP contribution is 2.40. The molecule has 2 unspecified atom stereocenters. The maximum Gasteiger partial charge on any atom is 0.311 e. The molecule has 10 heteroatoms. The third-order valence-electron chi connectivity index (χ3n) is 7.16. The number of esters is 2. The lowest BCUT2D eigenvalue weighted by Crippen LogP contribution is -2.39. The molecule has 3 aromatic rings. The minimum Gasteiger partial charge on any atom is -0.490 e. The summed E-state index contributed by atoms with van der Waals surface area (Å²) in [4.78, 5) is 38.3. The van der Waals surface area contributed by atoms with Gasteiger partial charge < -0.3 is 14.2 Å². The zero-order valence-electron chi connectivity index (χ0n) is 24.9. The number of carbonyl (C=O) groups excluding carboxylic acids is 2. The third kappa shape index (κ3) is 7.69. The Morgan fingerprint density at radius 3 is 2.34 bits per heavy atom. The molecule has 218 valence electrons. The Bertz CT molecular complexity index is 1370. The second-order valence-electron chi connectivity index (χ2n) is 11.3. The van der Waals surface area contributed by atoms with Gasteiger partial charge in [-0.25, -0.2) is 15.0 Å². The molecule has 0 fully saturated rings. The number of rotatable bonds is 13. The smallest absolute Gasteiger partial charge is 0.311 e. The first kappa shape index (κ1) is 31.3. The van der Waals surface area contributed by atoms with E-state index in [0.717, 1.165) is 28.2 Å². The van der Waals surface area contributed by atoms with E-state index >= 15 is 0 Å². The SMILES string of the molecule is COC(=O)C(C)(C)CC(C)(CCC(C)C#N)C(=O)OCCOc1cc(C)c(-n2ccnc2-c2cncnc2)c(C)c1. The van der Waals surface area contributed by atoms with Crippen LogP contribution >= 0.6 is 0 Å². The van der Waals surface area contributed by atoms with Gasteiger partial charge in [-0.05, 0) is 84.1 Å². The number of nitrogens with zero attached hydrogens (tertiary/aromatic N) is 5. The first-order chi connectivity index (χ1) is 19.4. The van der Waals surface area contributed by atoms with E-state index in [0.29, 0.717) is 18.6 Å². The summed E-state index contributed by atoms with van der Waals surface area (Å²) in [5.41, 5.74) is 1.89. The van der Waals surface area contributed by atoms with Crippen LogP contribution in [0.15, 0.2) is 43.2 Å². The van der Waals surface area contributed by atoms with Crippen LogP contribution in [0.25, 0.3) is 17.1 Å². The van der Waals surface area contributed by atoms with E-state index in [2.05, 4.69) is 21.0 Å². The normalized spacial score (nSPS) is 13.5. The molecule has 0 amide bonds. The fourth-order valence-corrected chi connectivity index (χ4v) is 5.15. The van der Waals surface area contributed by atoms with Crippen molar-refractivity contribution in [2.24, 2.45) is 16.7 Å². The number of methoxy groups -OCH3 is 1. The molecule has 2 atom stereocenters. The minimum absolute atomic E-state index is 0.0421. The van der Waals surface area contributed by atoms with Gasteiger partial charge in [0, 0.05) is 30.7 Å². The molecular formula is C31H39N5O5. The molecule has 1 aromatic carbocycles. The van der Waals surface area contributed by atoms with Crippen LogP contribution in [0.1, 0.15) is 58.1 Å². The predicted molar refractivity (Wildman–Crippen MR) is 153 cm³/mol. The van der Waals surface area contributed by atoms with Crippen molar-refractivity contribution in [3.63, 3.8) is 0 Å². The van der Waals surface area contributed by atoms with Gasteiger partial charge in [0.15, 0.2) is 0 Å². The van der Waals surface area contributed by atoms with Crippen molar-refractivity contribution in [3.8, 4) is 28.9 Å². The van der Waals surface area contributed by atoms with Crippen LogP contribution in [-0.2, 0) is 19.1 Å². The van der Waals surface area contributed by atoms with Crippen molar-refractivity contribution in [3.05, 3.63) is 54.4 Å². The summed E-state index contributed by atoms with van der Waals surface area (Å²) >= 11 is 0. The van der Waals surface area contributed by atoms with Gasteiger partial charge in [0.2, 0.25) is 0 Å². The van der Waals surface area contributed by atoms with E-state index in [1.165, 1.54) is 13.4 Å². The van der Waals surface area contributed by atoms with Crippen LogP contribution in [0, 0.1) is 41.9 Å². The van der Waals surface area contributed by atoms with Crippen molar-refractivity contribution >= 4 is 11.9 Å². The fraction of sp³-hybridized carbons (Fsp3) is 0.484. The minimum atomic E-state index is -0.968. The Labute approximate surface area is 241 Å². The van der Waals surface area contributed by atoms with E-state index in [-0.39, 0.29) is 25.6 Å². The molecular weight excluding hydrogens is 522 g/mol. The van der Waals surface area contributed by atoms with Crippen LogP contribution in [0.3, 0.4) is 0 Å². The molecule has 0 aliphatic heterocycles. The van der Waals surface area contributed by atoms with Gasteiger partial charge in [0.25, 0.3) is 0 Å². The molecule has 2 aromatic heterocycles. The Hall–Kier alpha value is -4.26. The molecule has 0 aliphatic carbocycles. The third-order valence-corrected chi connectivity index (χ3v) is 7.16. The average molecular weight is 562 g/mol. The number of benzene rings is 1. The van der Waals surface area contributed by atoms with E-state index in [1.807, 2.05) is 43.7 Å². The predicted octanol–water partition coefficient (Wildman–Crippen LogP) is 5.40. The van der Waals surface area contributed by atoms with E-state index in [4.69, 9.17) is 14.2 Å². The zero-order chi connectivity index (χ0) is 30.2. The summed E-state index contributed by atoms with van der Waals surface area (Å²) < 4.78 is 18.5. The summed E-state index contributed by atoms with van der Waals surface area (Å²) in [5, 5.41) is 9.22. The number of carbonyl (C=O) groups is 2. The molecule has 0 N–H and O–H groups in total.